The van der Waals surface area contributed by atoms with Gasteiger partial charge in [-0.25, -0.2) is 0 Å². The molecule has 0 aromatic rings. The molecule has 0 saturated heterocycles. The molecule has 0 saturated carbocycles. The summed E-state index contributed by atoms with van der Waals surface area (Å²) in [6.45, 7) is 11.9. The van der Waals surface area contributed by atoms with E-state index in [0.29, 0.717) is 0 Å². The third-order valence-electron chi connectivity index (χ3n) is 2.36. The zero-order chi connectivity index (χ0) is 10.5. The zero-order valence-corrected chi connectivity index (χ0v) is 12.8. The van der Waals surface area contributed by atoms with E-state index in [0.717, 1.165) is 5.92 Å². The van der Waals surface area contributed by atoms with Crippen LogP contribution in [0.15, 0.2) is 11.6 Å². The van der Waals surface area contributed by atoms with Crippen molar-refractivity contribution in [3.8, 4) is 0 Å². The highest BCUT2D eigenvalue weighted by molar-refractivity contribution is 14.1. The third-order valence-corrected chi connectivity index (χ3v) is 4.41. The Morgan fingerprint density at radius 3 is 2.31 bits per heavy atom. The van der Waals surface area contributed by atoms with Crippen LogP contribution in [0, 0.1) is 5.92 Å². The van der Waals surface area contributed by atoms with E-state index in [2.05, 4.69) is 62.2 Å². The van der Waals surface area contributed by atoms with Crippen LogP contribution in [0.3, 0.4) is 0 Å². The van der Waals surface area contributed by atoms with Gasteiger partial charge in [0.25, 0.3) is 0 Å². The lowest BCUT2D eigenvalue weighted by Crippen LogP contribution is -2.17. The third kappa shape index (κ3) is 7.73. The van der Waals surface area contributed by atoms with Crippen molar-refractivity contribution in [3.05, 3.63) is 11.6 Å². The molecule has 0 aliphatic carbocycles. The first kappa shape index (κ1) is 13.7. The van der Waals surface area contributed by atoms with Gasteiger partial charge in [0.1, 0.15) is 0 Å². The normalized spacial score (nSPS) is 16.0. The molecule has 0 fully saturated rings. The maximum atomic E-state index is 2.48. The average molecular weight is 310 g/mol. The SMILES string of the molecule is C/C(=C\C[Si](C)(C)C)C(C)CCI. The van der Waals surface area contributed by atoms with Crippen molar-refractivity contribution in [3.63, 3.8) is 0 Å². The lowest BCUT2D eigenvalue weighted by molar-refractivity contribution is 0.665. The fraction of sp³-hybridized carbons (Fsp3) is 0.818. The standard InChI is InChI=1S/C11H23ISi/c1-10(6-8-12)11(2)7-9-13(3,4)5/h7,10H,6,8-9H2,1-5H3/b11-7+. The van der Waals surface area contributed by atoms with Gasteiger partial charge in [0, 0.05) is 12.5 Å². The van der Waals surface area contributed by atoms with Crippen molar-refractivity contribution < 1.29 is 0 Å². The number of halogens is 1. The quantitative estimate of drug-likeness (QED) is 0.298. The van der Waals surface area contributed by atoms with Gasteiger partial charge in [0.15, 0.2) is 0 Å². The summed E-state index contributed by atoms with van der Waals surface area (Å²) in [6.07, 6.45) is 3.80. The van der Waals surface area contributed by atoms with Crippen LogP contribution >= 0.6 is 22.6 Å². The molecule has 0 radical (unpaired) electrons. The van der Waals surface area contributed by atoms with Crippen LogP contribution in [0.2, 0.25) is 25.7 Å². The smallest absolute Gasteiger partial charge is 0.0480 e. The number of allylic oxidation sites excluding steroid dienone is 2. The number of hydrogen-bond donors (Lipinski definition) is 0. The Labute approximate surface area is 98.3 Å². The Kier molecular flexibility index (Phi) is 6.55. The summed E-state index contributed by atoms with van der Waals surface area (Å²) in [4.78, 5) is 0. The van der Waals surface area contributed by atoms with Crippen molar-refractivity contribution in [1.82, 2.24) is 0 Å². The van der Waals surface area contributed by atoms with E-state index in [1.54, 1.807) is 5.57 Å². The van der Waals surface area contributed by atoms with Gasteiger partial charge in [-0.3, -0.25) is 0 Å². The Bertz CT molecular complexity index is 167. The molecular formula is C11H23ISi. The summed E-state index contributed by atoms with van der Waals surface area (Å²) in [5.74, 6) is 0.785. The van der Waals surface area contributed by atoms with Gasteiger partial charge < -0.3 is 0 Å². The van der Waals surface area contributed by atoms with Crippen LogP contribution in [0.1, 0.15) is 20.3 Å². The first-order chi connectivity index (χ1) is 5.87. The molecule has 0 heterocycles. The monoisotopic (exact) mass is 310 g/mol. The van der Waals surface area contributed by atoms with E-state index in [9.17, 15) is 0 Å². The molecule has 0 amide bonds. The second-order valence-corrected chi connectivity index (χ2v) is 11.7. The van der Waals surface area contributed by atoms with Gasteiger partial charge >= 0.3 is 0 Å². The second-order valence-electron chi connectivity index (χ2n) is 5.09. The summed E-state index contributed by atoms with van der Waals surface area (Å²) in [5.41, 5.74) is 1.60. The predicted molar refractivity (Wildman–Crippen MR) is 74.6 cm³/mol. The Balaban J connectivity index is 4.01. The Morgan fingerprint density at radius 2 is 1.92 bits per heavy atom. The largest absolute Gasteiger partial charge is 0.0880 e. The minimum atomic E-state index is -0.867. The molecule has 0 nitrogen and oxygen atoms in total. The molecule has 0 aliphatic heterocycles. The zero-order valence-electron chi connectivity index (χ0n) is 9.65. The highest BCUT2D eigenvalue weighted by Gasteiger charge is 2.11. The van der Waals surface area contributed by atoms with Gasteiger partial charge in [-0.15, -0.1) is 0 Å². The summed E-state index contributed by atoms with van der Waals surface area (Å²) >= 11 is 2.46. The van der Waals surface area contributed by atoms with Gasteiger partial charge in [0.05, 0.1) is 0 Å². The van der Waals surface area contributed by atoms with Crippen LogP contribution in [0.25, 0.3) is 0 Å². The highest BCUT2D eigenvalue weighted by Crippen LogP contribution is 2.18. The average Bonchev–Trinajstić information content (AvgIpc) is 1.99. The molecule has 2 heteroatoms. The molecular weight excluding hydrogens is 287 g/mol. The van der Waals surface area contributed by atoms with Crippen LogP contribution < -0.4 is 0 Å². The molecule has 1 unspecified atom stereocenters. The minimum Gasteiger partial charge on any atom is -0.0880 e. The van der Waals surface area contributed by atoms with Gasteiger partial charge in [-0.2, -0.15) is 0 Å². The molecule has 0 aliphatic rings. The maximum absolute atomic E-state index is 2.48. The Morgan fingerprint density at radius 1 is 1.38 bits per heavy atom. The molecule has 0 rings (SSSR count). The van der Waals surface area contributed by atoms with Crippen LogP contribution in [0.5, 0.6) is 0 Å². The summed E-state index contributed by atoms with van der Waals surface area (Å²) < 4.78 is 1.27. The molecule has 0 N–H and O–H groups in total. The van der Waals surface area contributed by atoms with E-state index in [1.807, 2.05) is 0 Å². The number of hydrogen-bond acceptors (Lipinski definition) is 0. The van der Waals surface area contributed by atoms with Gasteiger partial charge in [0.2, 0.25) is 0 Å². The van der Waals surface area contributed by atoms with Crippen LogP contribution in [-0.4, -0.2) is 12.5 Å². The van der Waals surface area contributed by atoms with E-state index >= 15 is 0 Å². The number of alkyl halides is 1. The highest BCUT2D eigenvalue weighted by atomic mass is 127. The van der Waals surface area contributed by atoms with E-state index < -0.39 is 8.07 Å². The first-order valence-corrected chi connectivity index (χ1v) is 10.3. The van der Waals surface area contributed by atoms with E-state index in [-0.39, 0.29) is 0 Å². The summed E-state index contributed by atoms with van der Waals surface area (Å²) in [6, 6.07) is 1.34. The lowest BCUT2D eigenvalue weighted by Gasteiger charge is -2.15. The molecule has 0 aromatic heterocycles. The van der Waals surface area contributed by atoms with Crippen molar-refractivity contribution in [2.45, 2.75) is 46.0 Å². The fourth-order valence-electron chi connectivity index (χ4n) is 1.06. The van der Waals surface area contributed by atoms with Crippen LogP contribution in [0.4, 0.5) is 0 Å². The van der Waals surface area contributed by atoms with E-state index in [1.165, 1.54) is 16.9 Å². The topological polar surface area (TPSA) is 0 Å². The fourth-order valence-corrected chi connectivity index (χ4v) is 2.93. The van der Waals surface area contributed by atoms with E-state index in [4.69, 9.17) is 0 Å². The summed E-state index contributed by atoms with van der Waals surface area (Å²) in [7, 11) is -0.867. The molecule has 0 bridgehead atoms. The molecule has 0 aromatic carbocycles. The molecule has 1 atom stereocenters. The molecule has 0 spiro atoms. The molecule has 13 heavy (non-hydrogen) atoms. The van der Waals surface area contributed by atoms with Crippen molar-refractivity contribution in [2.24, 2.45) is 5.92 Å². The van der Waals surface area contributed by atoms with Crippen LogP contribution in [-0.2, 0) is 0 Å². The second kappa shape index (κ2) is 6.22. The van der Waals surface area contributed by atoms with Gasteiger partial charge in [-0.05, 0) is 25.3 Å². The summed E-state index contributed by atoms with van der Waals surface area (Å²) in [5, 5.41) is 0. The molecule has 78 valence electrons. The Hall–Kier alpha value is 0.687. The predicted octanol–water partition coefficient (Wildman–Crippen LogP) is 4.73. The van der Waals surface area contributed by atoms with Crippen molar-refractivity contribution in [1.29, 1.82) is 0 Å². The maximum Gasteiger partial charge on any atom is 0.0480 e. The minimum absolute atomic E-state index is 0.785. The van der Waals surface area contributed by atoms with Crippen molar-refractivity contribution >= 4 is 30.7 Å². The van der Waals surface area contributed by atoms with Crippen molar-refractivity contribution in [2.75, 3.05) is 4.43 Å². The number of rotatable bonds is 5. The van der Waals surface area contributed by atoms with Gasteiger partial charge in [-0.1, -0.05) is 60.8 Å². The lowest BCUT2D eigenvalue weighted by atomic mass is 10.0. The first-order valence-electron chi connectivity index (χ1n) is 5.09.